The number of benzene rings is 1. The minimum absolute atomic E-state index is 0.222. The first-order valence-electron chi connectivity index (χ1n) is 12.2. The number of hydrogen-bond acceptors (Lipinski definition) is 7. The molecular formula is C26H32N4O4. The summed E-state index contributed by atoms with van der Waals surface area (Å²) in [6, 6.07) is 10.2. The molecule has 0 amide bonds. The molecule has 34 heavy (non-hydrogen) atoms. The molecule has 1 N–H and O–H groups in total. The Bertz CT molecular complexity index is 1190. The second-order valence-corrected chi connectivity index (χ2v) is 9.61. The predicted molar refractivity (Wildman–Crippen MR) is 127 cm³/mol. The number of fused-ring (bicyclic) bond motifs is 1. The van der Waals surface area contributed by atoms with Crippen molar-refractivity contribution >= 4 is 16.9 Å². The van der Waals surface area contributed by atoms with Gasteiger partial charge in [0.05, 0.1) is 24.1 Å². The summed E-state index contributed by atoms with van der Waals surface area (Å²) in [5.74, 6) is 0.768. The average Bonchev–Trinajstić information content (AvgIpc) is 3.23. The molecule has 2 fully saturated rings. The van der Waals surface area contributed by atoms with Gasteiger partial charge in [-0.3, -0.25) is 9.69 Å². The van der Waals surface area contributed by atoms with Gasteiger partial charge < -0.3 is 14.3 Å². The lowest BCUT2D eigenvalue weighted by molar-refractivity contribution is -0.157. The largest absolute Gasteiger partial charge is 0.481 e. The number of rotatable bonds is 7. The summed E-state index contributed by atoms with van der Waals surface area (Å²) >= 11 is 0. The van der Waals surface area contributed by atoms with Crippen molar-refractivity contribution in [1.82, 2.24) is 20.1 Å². The molecule has 2 aromatic heterocycles. The van der Waals surface area contributed by atoms with Gasteiger partial charge in [-0.05, 0) is 50.3 Å². The maximum absolute atomic E-state index is 12.8. The van der Waals surface area contributed by atoms with Crippen LogP contribution in [0.2, 0.25) is 0 Å². The quantitative estimate of drug-likeness (QED) is 0.538. The van der Waals surface area contributed by atoms with Crippen LogP contribution in [-0.2, 0) is 10.3 Å². The van der Waals surface area contributed by atoms with Crippen LogP contribution in [0.25, 0.3) is 10.9 Å². The molecule has 8 nitrogen and oxygen atoms in total. The van der Waals surface area contributed by atoms with Crippen LogP contribution < -0.4 is 4.74 Å². The van der Waals surface area contributed by atoms with Crippen molar-refractivity contribution in [3.8, 4) is 5.88 Å². The predicted octanol–water partition coefficient (Wildman–Crippen LogP) is 4.67. The molecule has 1 aliphatic carbocycles. The Morgan fingerprint density at radius 2 is 2.09 bits per heavy atom. The minimum Gasteiger partial charge on any atom is -0.481 e. The first kappa shape index (κ1) is 22.8. The van der Waals surface area contributed by atoms with Crippen LogP contribution in [-0.4, -0.2) is 50.9 Å². The second kappa shape index (κ2) is 8.98. The van der Waals surface area contributed by atoms with Crippen LogP contribution in [0.15, 0.2) is 34.7 Å². The van der Waals surface area contributed by atoms with Gasteiger partial charge in [-0.1, -0.05) is 31.5 Å². The van der Waals surface area contributed by atoms with Gasteiger partial charge in [-0.15, -0.1) is 10.2 Å². The fraction of sp³-hybridized carbons (Fsp3) is 0.538. The third kappa shape index (κ3) is 3.64. The highest BCUT2D eigenvalue weighted by Gasteiger charge is 2.55. The van der Waals surface area contributed by atoms with E-state index in [2.05, 4.69) is 33.1 Å². The molecule has 3 heterocycles. The third-order valence-corrected chi connectivity index (χ3v) is 7.72. The zero-order valence-corrected chi connectivity index (χ0v) is 20.0. The molecule has 3 aromatic rings. The van der Waals surface area contributed by atoms with Crippen LogP contribution in [0.4, 0.5) is 0 Å². The summed E-state index contributed by atoms with van der Waals surface area (Å²) < 4.78 is 11.3. The van der Waals surface area contributed by atoms with Crippen molar-refractivity contribution in [2.75, 3.05) is 13.7 Å². The Hall–Kier alpha value is -3.00. The third-order valence-electron chi connectivity index (χ3n) is 7.72. The van der Waals surface area contributed by atoms with E-state index in [-0.39, 0.29) is 12.0 Å². The lowest BCUT2D eigenvalue weighted by Gasteiger charge is -2.57. The fourth-order valence-corrected chi connectivity index (χ4v) is 6.25. The summed E-state index contributed by atoms with van der Waals surface area (Å²) in [6.45, 7) is 4.81. The van der Waals surface area contributed by atoms with Crippen LogP contribution in [0.3, 0.4) is 0 Å². The van der Waals surface area contributed by atoms with Crippen LogP contribution >= 0.6 is 0 Å². The van der Waals surface area contributed by atoms with Gasteiger partial charge in [0.15, 0.2) is 0 Å². The summed E-state index contributed by atoms with van der Waals surface area (Å²) in [5, 5.41) is 19.7. The number of carbonyl (C=O) groups is 1. The monoisotopic (exact) mass is 464 g/mol. The number of piperidine rings is 1. The highest BCUT2D eigenvalue weighted by atomic mass is 16.5. The van der Waals surface area contributed by atoms with Gasteiger partial charge in [-0.25, -0.2) is 4.98 Å². The maximum atomic E-state index is 12.8. The molecule has 0 spiro atoms. The number of pyridine rings is 1. The molecule has 5 rings (SSSR count). The maximum Gasteiger partial charge on any atom is 0.308 e. The molecular weight excluding hydrogens is 432 g/mol. The van der Waals surface area contributed by atoms with E-state index < -0.39 is 17.4 Å². The van der Waals surface area contributed by atoms with Gasteiger partial charge in [-0.2, -0.15) is 0 Å². The van der Waals surface area contributed by atoms with Gasteiger partial charge in [0.1, 0.15) is 0 Å². The summed E-state index contributed by atoms with van der Waals surface area (Å²) in [6.07, 6.45) is 4.92. The summed E-state index contributed by atoms with van der Waals surface area (Å²) in [4.78, 5) is 19.9. The van der Waals surface area contributed by atoms with E-state index in [1.807, 2.05) is 31.2 Å². The second-order valence-electron chi connectivity index (χ2n) is 9.61. The fourth-order valence-electron chi connectivity index (χ4n) is 6.25. The molecule has 0 radical (unpaired) electrons. The van der Waals surface area contributed by atoms with Crippen molar-refractivity contribution in [2.24, 2.45) is 5.92 Å². The van der Waals surface area contributed by atoms with Crippen molar-refractivity contribution < 1.29 is 19.1 Å². The number of methoxy groups -OCH3 is 1. The summed E-state index contributed by atoms with van der Waals surface area (Å²) in [7, 11) is 1.61. The number of aromatic nitrogens is 3. The molecule has 1 saturated carbocycles. The molecule has 2 aliphatic rings. The highest BCUT2D eigenvalue weighted by molar-refractivity contribution is 5.85. The molecule has 1 saturated heterocycles. The van der Waals surface area contributed by atoms with Gasteiger partial charge in [0, 0.05) is 30.3 Å². The van der Waals surface area contributed by atoms with E-state index in [1.165, 1.54) is 0 Å². The first-order valence-corrected chi connectivity index (χ1v) is 12.2. The van der Waals surface area contributed by atoms with E-state index in [9.17, 15) is 9.90 Å². The van der Waals surface area contributed by atoms with E-state index in [0.29, 0.717) is 24.1 Å². The van der Waals surface area contributed by atoms with Crippen molar-refractivity contribution in [2.45, 2.75) is 69.9 Å². The Balaban J connectivity index is 1.63. The van der Waals surface area contributed by atoms with Crippen LogP contribution in [0.1, 0.15) is 68.7 Å². The number of carboxylic acids is 1. The Morgan fingerprint density at radius 3 is 2.76 bits per heavy atom. The number of ether oxygens (including phenoxy) is 1. The Labute approximate surface area is 199 Å². The Kier molecular flexibility index (Phi) is 6.02. The smallest absolute Gasteiger partial charge is 0.308 e. The number of para-hydroxylation sites is 1. The van der Waals surface area contributed by atoms with Crippen molar-refractivity contribution in [3.05, 3.63) is 47.7 Å². The molecule has 180 valence electrons. The van der Waals surface area contributed by atoms with E-state index >= 15 is 0 Å². The van der Waals surface area contributed by atoms with Crippen molar-refractivity contribution in [3.63, 3.8) is 0 Å². The molecule has 1 aliphatic heterocycles. The lowest BCUT2D eigenvalue weighted by atomic mass is 9.65. The highest BCUT2D eigenvalue weighted by Crippen LogP contribution is 2.53. The molecule has 0 bridgehead atoms. The van der Waals surface area contributed by atoms with E-state index in [1.54, 1.807) is 7.11 Å². The number of nitrogens with zero attached hydrogens (tertiary/aromatic N) is 4. The molecule has 1 aromatic carbocycles. The standard InChI is InChI=1S/C26H32N4O4/c1-4-11-26(21-15-23(33-3)27-22-10-6-5-8-19(21)22)20(25(31)32)9-7-12-30(26)18-13-17(14-18)24-29-28-16(2)34-24/h5-6,8,10,15,17-18,20H,4,7,9,11-14H2,1-3H3,(H,31,32). The normalized spacial score (nSPS) is 27.4. The number of hydrogen-bond donors (Lipinski definition) is 1. The van der Waals surface area contributed by atoms with Crippen molar-refractivity contribution in [1.29, 1.82) is 0 Å². The number of aliphatic carboxylic acids is 1. The zero-order chi connectivity index (χ0) is 23.9. The minimum atomic E-state index is -0.735. The Morgan fingerprint density at radius 1 is 1.29 bits per heavy atom. The summed E-state index contributed by atoms with van der Waals surface area (Å²) in [5.41, 5.74) is 1.20. The topological polar surface area (TPSA) is 102 Å². The number of likely N-dealkylation sites (tertiary alicyclic amines) is 1. The van der Waals surface area contributed by atoms with E-state index in [4.69, 9.17) is 9.15 Å². The molecule has 2 unspecified atom stereocenters. The van der Waals surface area contributed by atoms with Gasteiger partial charge in [0.2, 0.25) is 17.7 Å². The average molecular weight is 465 g/mol. The van der Waals surface area contributed by atoms with Gasteiger partial charge >= 0.3 is 5.97 Å². The lowest BCUT2D eigenvalue weighted by Crippen LogP contribution is -2.62. The van der Waals surface area contributed by atoms with Gasteiger partial charge in [0.25, 0.3) is 0 Å². The van der Waals surface area contributed by atoms with E-state index in [0.717, 1.165) is 55.1 Å². The zero-order valence-electron chi connectivity index (χ0n) is 20.0. The molecule has 2 atom stereocenters. The first-order chi connectivity index (χ1) is 16.5. The van der Waals surface area contributed by atoms with Crippen LogP contribution in [0.5, 0.6) is 5.88 Å². The molecule has 8 heteroatoms. The SMILES string of the molecule is CCCC1(c2cc(OC)nc3ccccc23)C(C(=O)O)CCCN1C1CC(c2nnc(C)o2)C1. The number of aryl methyl sites for hydroxylation is 1. The van der Waals surface area contributed by atoms with Crippen LogP contribution in [0, 0.1) is 12.8 Å². The number of carboxylic acid groups (broad SMARTS) is 1.